The fourth-order valence-corrected chi connectivity index (χ4v) is 5.08. The van der Waals surface area contributed by atoms with E-state index in [2.05, 4.69) is 10.6 Å². The summed E-state index contributed by atoms with van der Waals surface area (Å²) >= 11 is 1.56. The number of ether oxygens (including phenoxy) is 1. The summed E-state index contributed by atoms with van der Waals surface area (Å²) in [4.78, 5) is 42.4. The van der Waals surface area contributed by atoms with Crippen molar-refractivity contribution in [2.75, 3.05) is 17.3 Å². The van der Waals surface area contributed by atoms with Crippen molar-refractivity contribution in [1.82, 2.24) is 10.2 Å². The Morgan fingerprint density at radius 1 is 1.02 bits per heavy atom. The number of para-hydroxylation sites is 1. The van der Waals surface area contributed by atoms with Crippen molar-refractivity contribution in [3.05, 3.63) is 72.3 Å². The number of nitrogens with one attached hydrogen (secondary N) is 2. The number of hydrogen-bond acceptors (Lipinski definition) is 6. The molecule has 8 nitrogen and oxygen atoms in total. The zero-order valence-electron chi connectivity index (χ0n) is 23.3. The monoisotopic (exact) mass is 563 g/mol. The van der Waals surface area contributed by atoms with Gasteiger partial charge in [-0.25, -0.2) is 4.79 Å². The lowest BCUT2D eigenvalue weighted by atomic mass is 10.0. The van der Waals surface area contributed by atoms with E-state index in [-0.39, 0.29) is 17.7 Å². The maximum Gasteiger partial charge on any atom is 0.408 e. The molecule has 2 unspecified atom stereocenters. The van der Waals surface area contributed by atoms with Gasteiger partial charge in [0.25, 0.3) is 5.91 Å². The molecule has 3 aromatic rings. The van der Waals surface area contributed by atoms with Gasteiger partial charge in [-0.1, -0.05) is 48.5 Å². The molecule has 0 heterocycles. The van der Waals surface area contributed by atoms with Gasteiger partial charge < -0.3 is 25.4 Å². The zero-order valence-corrected chi connectivity index (χ0v) is 24.2. The fourth-order valence-electron chi connectivity index (χ4n) is 4.61. The predicted molar refractivity (Wildman–Crippen MR) is 159 cm³/mol. The lowest BCUT2D eigenvalue weighted by Crippen LogP contribution is -2.53. The molecule has 1 aliphatic carbocycles. The van der Waals surface area contributed by atoms with Crippen molar-refractivity contribution < 1.29 is 24.2 Å². The van der Waals surface area contributed by atoms with Gasteiger partial charge in [-0.15, -0.1) is 0 Å². The number of carbonyl (C=O) groups excluding carboxylic acids is 3. The van der Waals surface area contributed by atoms with Gasteiger partial charge in [0.15, 0.2) is 0 Å². The molecule has 1 aliphatic rings. The Kier molecular flexibility index (Phi) is 9.25. The van der Waals surface area contributed by atoms with E-state index in [4.69, 9.17) is 4.74 Å². The van der Waals surface area contributed by atoms with E-state index in [1.54, 1.807) is 50.7 Å². The molecule has 0 bridgehead atoms. The van der Waals surface area contributed by atoms with Crippen LogP contribution >= 0.6 is 11.8 Å². The number of anilines is 1. The highest BCUT2D eigenvalue weighted by molar-refractivity contribution is 7.98. The number of benzene rings is 3. The Labute approximate surface area is 239 Å². The molecule has 0 spiro atoms. The predicted octanol–water partition coefficient (Wildman–Crippen LogP) is 5.86. The minimum atomic E-state index is -1.11. The number of fused-ring (bicyclic) bond motifs is 1. The first-order valence-corrected chi connectivity index (χ1v) is 14.8. The van der Waals surface area contributed by atoms with E-state index < -0.39 is 29.7 Å². The Morgan fingerprint density at radius 3 is 2.35 bits per heavy atom. The molecule has 0 aromatic heterocycles. The van der Waals surface area contributed by atoms with Crippen molar-refractivity contribution >= 4 is 46.1 Å². The quantitative estimate of drug-likeness (QED) is 0.285. The summed E-state index contributed by atoms with van der Waals surface area (Å²) in [7, 11) is 0. The third kappa shape index (κ3) is 7.47. The average molecular weight is 564 g/mol. The number of rotatable bonds is 10. The van der Waals surface area contributed by atoms with Gasteiger partial charge in [-0.2, -0.15) is 11.8 Å². The first-order valence-electron chi connectivity index (χ1n) is 13.5. The average Bonchev–Trinajstić information content (AvgIpc) is 3.74. The molecule has 0 aliphatic heterocycles. The smallest absolute Gasteiger partial charge is 0.408 e. The third-order valence-electron chi connectivity index (χ3n) is 6.57. The highest BCUT2D eigenvalue weighted by Crippen LogP contribution is 2.39. The number of carbonyl (C=O) groups is 3. The maximum atomic E-state index is 14.2. The first kappa shape index (κ1) is 29.3. The van der Waals surface area contributed by atoms with E-state index in [1.807, 2.05) is 48.7 Å². The minimum absolute atomic E-state index is 0.0830. The molecule has 2 atom stereocenters. The number of alkyl carbamates (subject to hydrolysis) is 1. The second kappa shape index (κ2) is 12.6. The molecule has 3 aromatic carbocycles. The molecule has 212 valence electrons. The lowest BCUT2D eigenvalue weighted by Gasteiger charge is -2.35. The molecule has 9 heteroatoms. The molecule has 0 saturated heterocycles. The molecule has 3 amide bonds. The van der Waals surface area contributed by atoms with Crippen LogP contribution < -0.4 is 10.6 Å². The lowest BCUT2D eigenvalue weighted by molar-refractivity contribution is -0.141. The number of phenolic OH excluding ortho intramolecular Hbond substituents is 1. The standard InChI is InChI=1S/C31H37N3O5S/c1-31(2,3)39-30(38)33-25(17-18-40-4)29(37)34(23-15-16-23)27(24-11-7-8-12-26(24)35)28(36)32-22-14-13-20-9-5-6-10-21(20)19-22/h5-14,19,23,25,27,35H,15-18H2,1-4H3,(H,32,36)(H,33,38). The Bertz CT molecular complexity index is 1370. The van der Waals surface area contributed by atoms with Crippen LogP contribution in [-0.4, -0.2) is 57.6 Å². The Morgan fingerprint density at radius 2 is 1.70 bits per heavy atom. The number of aromatic hydroxyl groups is 1. The van der Waals surface area contributed by atoms with Crippen LogP contribution in [0, 0.1) is 0 Å². The van der Waals surface area contributed by atoms with Crippen LogP contribution in [0.3, 0.4) is 0 Å². The van der Waals surface area contributed by atoms with Crippen LogP contribution in [0.5, 0.6) is 5.75 Å². The van der Waals surface area contributed by atoms with Crippen molar-refractivity contribution in [2.24, 2.45) is 0 Å². The number of nitrogens with zero attached hydrogens (tertiary/aromatic N) is 1. The van der Waals surface area contributed by atoms with Crippen LogP contribution in [-0.2, 0) is 14.3 Å². The number of phenols is 1. The summed E-state index contributed by atoms with van der Waals surface area (Å²) < 4.78 is 5.43. The van der Waals surface area contributed by atoms with Gasteiger partial charge in [0, 0.05) is 17.3 Å². The first-order chi connectivity index (χ1) is 19.1. The van der Waals surface area contributed by atoms with E-state index in [1.165, 1.54) is 11.0 Å². The van der Waals surface area contributed by atoms with Crippen LogP contribution in [0.25, 0.3) is 10.8 Å². The maximum absolute atomic E-state index is 14.2. The number of thioether (sulfide) groups is 1. The SMILES string of the molecule is CSCCC(NC(=O)OC(C)(C)C)C(=O)N(C1CC1)C(C(=O)Nc1ccc2ccccc2c1)c1ccccc1O. The fraction of sp³-hybridized carbons (Fsp3) is 0.387. The van der Waals surface area contributed by atoms with Gasteiger partial charge in [-0.3, -0.25) is 9.59 Å². The Balaban J connectivity index is 1.68. The molecule has 1 saturated carbocycles. The van der Waals surface area contributed by atoms with Crippen LogP contribution in [0.15, 0.2) is 66.7 Å². The Hall–Kier alpha value is -3.72. The van der Waals surface area contributed by atoms with Crippen molar-refractivity contribution in [3.8, 4) is 5.75 Å². The van der Waals surface area contributed by atoms with Gasteiger partial charge >= 0.3 is 6.09 Å². The summed E-state index contributed by atoms with van der Waals surface area (Å²) in [5.41, 5.74) is 0.172. The van der Waals surface area contributed by atoms with Crippen LogP contribution in [0.4, 0.5) is 10.5 Å². The molecule has 0 radical (unpaired) electrons. The highest BCUT2D eigenvalue weighted by atomic mass is 32.2. The zero-order chi connectivity index (χ0) is 28.9. The van der Waals surface area contributed by atoms with Crippen LogP contribution in [0.1, 0.15) is 51.6 Å². The van der Waals surface area contributed by atoms with E-state index in [0.29, 0.717) is 23.4 Å². The minimum Gasteiger partial charge on any atom is -0.508 e. The molecule has 4 rings (SSSR count). The molecular weight excluding hydrogens is 526 g/mol. The number of amides is 3. The molecule has 40 heavy (non-hydrogen) atoms. The van der Waals surface area contributed by atoms with Crippen molar-refractivity contribution in [1.29, 1.82) is 0 Å². The molecule has 1 fully saturated rings. The second-order valence-electron chi connectivity index (χ2n) is 11.0. The number of hydrogen-bond donors (Lipinski definition) is 3. The van der Waals surface area contributed by atoms with E-state index in [9.17, 15) is 19.5 Å². The third-order valence-corrected chi connectivity index (χ3v) is 7.21. The van der Waals surface area contributed by atoms with Crippen LogP contribution in [0.2, 0.25) is 0 Å². The summed E-state index contributed by atoms with van der Waals surface area (Å²) in [6, 6.07) is 17.8. The topological polar surface area (TPSA) is 108 Å². The van der Waals surface area contributed by atoms with Gasteiger partial charge in [0.2, 0.25) is 5.91 Å². The molecular formula is C31H37N3O5S. The summed E-state index contributed by atoms with van der Waals surface area (Å²) in [5, 5.41) is 18.5. The van der Waals surface area contributed by atoms with Crippen molar-refractivity contribution in [2.45, 2.75) is 63.8 Å². The largest absolute Gasteiger partial charge is 0.508 e. The van der Waals surface area contributed by atoms with E-state index in [0.717, 1.165) is 23.6 Å². The summed E-state index contributed by atoms with van der Waals surface area (Å²) in [6.07, 6.45) is 3.04. The van der Waals surface area contributed by atoms with Gasteiger partial charge in [0.05, 0.1) is 0 Å². The molecule has 3 N–H and O–H groups in total. The normalized spacial score (nSPS) is 14.7. The van der Waals surface area contributed by atoms with Crippen molar-refractivity contribution in [3.63, 3.8) is 0 Å². The van der Waals surface area contributed by atoms with Gasteiger partial charge in [-0.05, 0) is 81.0 Å². The summed E-state index contributed by atoms with van der Waals surface area (Å²) in [5.74, 6) is -0.294. The van der Waals surface area contributed by atoms with E-state index >= 15 is 0 Å². The summed E-state index contributed by atoms with van der Waals surface area (Å²) in [6.45, 7) is 5.27. The van der Waals surface area contributed by atoms with Gasteiger partial charge in [0.1, 0.15) is 23.4 Å². The highest BCUT2D eigenvalue weighted by Gasteiger charge is 2.44. The second-order valence-corrected chi connectivity index (χ2v) is 12.0.